The van der Waals surface area contributed by atoms with Gasteiger partial charge in [-0.3, -0.25) is 4.79 Å². The molecule has 2 atom stereocenters. The lowest BCUT2D eigenvalue weighted by Crippen LogP contribution is -2.18. The molecule has 1 nitrogen and oxygen atoms in total. The van der Waals surface area contributed by atoms with Crippen molar-refractivity contribution >= 4 is 43.1 Å². The minimum absolute atomic E-state index is 0.162. The lowest BCUT2D eigenvalue weighted by molar-refractivity contribution is -0.119. The number of rotatable bonds is 3. The number of halogens is 1. The van der Waals surface area contributed by atoms with Gasteiger partial charge in [0, 0.05) is 14.0 Å². The average Bonchev–Trinajstić information content (AvgIpc) is 2.95. The van der Waals surface area contributed by atoms with Gasteiger partial charge >= 0.3 is 0 Å². The molecule has 1 aromatic carbocycles. The fourth-order valence-electron chi connectivity index (χ4n) is 2.96. The summed E-state index contributed by atoms with van der Waals surface area (Å²) in [6.07, 6.45) is 2.13. The van der Waals surface area contributed by atoms with Crippen LogP contribution < -0.4 is 0 Å². The third-order valence-electron chi connectivity index (χ3n) is 4.14. The van der Waals surface area contributed by atoms with Gasteiger partial charge in [-0.05, 0) is 48.9 Å². The van der Waals surface area contributed by atoms with Crippen molar-refractivity contribution in [2.45, 2.75) is 32.1 Å². The lowest BCUT2D eigenvalue weighted by Gasteiger charge is -2.10. The predicted molar refractivity (Wildman–Crippen MR) is 80.3 cm³/mol. The fourth-order valence-corrected chi connectivity index (χ4v) is 4.71. The Morgan fingerprint density at radius 1 is 1.50 bits per heavy atom. The Kier molecular flexibility index (Phi) is 2.87. The van der Waals surface area contributed by atoms with E-state index in [2.05, 4.69) is 47.1 Å². The second-order valence-electron chi connectivity index (χ2n) is 5.13. The van der Waals surface area contributed by atoms with Crippen LogP contribution in [-0.2, 0) is 10.2 Å². The summed E-state index contributed by atoms with van der Waals surface area (Å²) in [6.45, 7) is 3.93. The van der Waals surface area contributed by atoms with Gasteiger partial charge in [0.05, 0.1) is 5.41 Å². The molecule has 1 heterocycles. The molecule has 1 saturated carbocycles. The van der Waals surface area contributed by atoms with Crippen LogP contribution in [0.15, 0.2) is 28.7 Å². The van der Waals surface area contributed by atoms with Crippen molar-refractivity contribution in [2.24, 2.45) is 5.92 Å². The average molecular weight is 323 g/mol. The Morgan fingerprint density at radius 3 is 2.89 bits per heavy atom. The van der Waals surface area contributed by atoms with E-state index in [-0.39, 0.29) is 5.41 Å². The highest BCUT2D eigenvalue weighted by molar-refractivity contribution is 9.10. The number of Topliss-reactive ketones (excluding diaryl/α,β-unsaturated/α-hetero) is 1. The summed E-state index contributed by atoms with van der Waals surface area (Å²) >= 11 is 5.28. The van der Waals surface area contributed by atoms with E-state index in [1.165, 1.54) is 15.0 Å². The highest BCUT2D eigenvalue weighted by Gasteiger charge is 2.58. The maximum atomic E-state index is 12.0. The van der Waals surface area contributed by atoms with Crippen molar-refractivity contribution in [1.29, 1.82) is 0 Å². The Hall–Kier alpha value is -0.670. The number of hydrogen-bond acceptors (Lipinski definition) is 2. The number of carbonyl (C=O) groups excluding carboxylic acids is 1. The summed E-state index contributed by atoms with van der Waals surface area (Å²) in [6, 6.07) is 8.53. The molecule has 3 rings (SSSR count). The fraction of sp³-hybridized carbons (Fsp3) is 0.400. The van der Waals surface area contributed by atoms with Gasteiger partial charge in [-0.25, -0.2) is 0 Å². The van der Waals surface area contributed by atoms with Crippen LogP contribution in [0.4, 0.5) is 0 Å². The standard InChI is InChI=1S/C15H15BrOS/c1-3-11-8-15(11,9(2)17)14-7-10-6-12(16)4-5-13(10)18-14/h4-7,11H,3,8H2,1-2H3. The second-order valence-corrected chi connectivity index (χ2v) is 7.13. The zero-order chi connectivity index (χ0) is 12.9. The van der Waals surface area contributed by atoms with Gasteiger partial charge in [-0.15, -0.1) is 11.3 Å². The molecule has 0 saturated heterocycles. The van der Waals surface area contributed by atoms with E-state index in [0.29, 0.717) is 11.7 Å². The highest BCUT2D eigenvalue weighted by atomic mass is 79.9. The number of ketones is 1. The highest BCUT2D eigenvalue weighted by Crippen LogP contribution is 2.58. The molecule has 2 aromatic rings. The largest absolute Gasteiger partial charge is 0.299 e. The predicted octanol–water partition coefficient (Wildman–Crippen LogP) is 4.92. The van der Waals surface area contributed by atoms with Gasteiger partial charge in [0.2, 0.25) is 0 Å². The number of thiophene rings is 1. The molecular weight excluding hydrogens is 308 g/mol. The van der Waals surface area contributed by atoms with Crippen molar-refractivity contribution in [3.05, 3.63) is 33.6 Å². The number of benzene rings is 1. The van der Waals surface area contributed by atoms with E-state index < -0.39 is 0 Å². The smallest absolute Gasteiger partial charge is 0.141 e. The maximum absolute atomic E-state index is 12.0. The minimum Gasteiger partial charge on any atom is -0.299 e. The Balaban J connectivity index is 2.12. The molecule has 1 fully saturated rings. The first-order valence-corrected chi connectivity index (χ1v) is 7.89. The quantitative estimate of drug-likeness (QED) is 0.783. The molecule has 1 aromatic heterocycles. The summed E-state index contributed by atoms with van der Waals surface area (Å²) in [5.41, 5.74) is -0.162. The van der Waals surface area contributed by atoms with Gasteiger partial charge in [0.15, 0.2) is 0 Å². The Morgan fingerprint density at radius 2 is 2.28 bits per heavy atom. The first kappa shape index (κ1) is 12.4. The van der Waals surface area contributed by atoms with E-state index in [1.807, 2.05) is 0 Å². The summed E-state index contributed by atoms with van der Waals surface area (Å²) in [7, 11) is 0. The molecule has 1 aliphatic rings. The van der Waals surface area contributed by atoms with Crippen molar-refractivity contribution in [3.8, 4) is 0 Å². The third kappa shape index (κ3) is 1.68. The number of fused-ring (bicyclic) bond motifs is 1. The van der Waals surface area contributed by atoms with E-state index in [9.17, 15) is 4.79 Å². The van der Waals surface area contributed by atoms with Gasteiger partial charge in [0.25, 0.3) is 0 Å². The Bertz CT molecular complexity index is 630. The van der Waals surface area contributed by atoms with Crippen LogP contribution in [0.3, 0.4) is 0 Å². The second kappa shape index (κ2) is 4.17. The SMILES string of the molecule is CCC1CC1(C(C)=O)c1cc2cc(Br)ccc2s1. The molecule has 1 aliphatic carbocycles. The van der Waals surface area contributed by atoms with E-state index in [0.717, 1.165) is 17.3 Å². The summed E-state index contributed by atoms with van der Waals surface area (Å²) < 4.78 is 2.37. The molecule has 0 bridgehead atoms. The van der Waals surface area contributed by atoms with Crippen LogP contribution in [0.25, 0.3) is 10.1 Å². The topological polar surface area (TPSA) is 17.1 Å². The van der Waals surface area contributed by atoms with Crippen molar-refractivity contribution in [1.82, 2.24) is 0 Å². The molecule has 18 heavy (non-hydrogen) atoms. The van der Waals surface area contributed by atoms with Crippen LogP contribution in [0.5, 0.6) is 0 Å². The van der Waals surface area contributed by atoms with Crippen LogP contribution in [0, 0.1) is 5.92 Å². The lowest BCUT2D eigenvalue weighted by atomic mass is 9.95. The summed E-state index contributed by atoms with van der Waals surface area (Å²) in [5, 5.41) is 1.24. The molecule has 0 N–H and O–H groups in total. The van der Waals surface area contributed by atoms with E-state index in [1.54, 1.807) is 18.3 Å². The van der Waals surface area contributed by atoms with Crippen molar-refractivity contribution < 1.29 is 4.79 Å². The molecule has 94 valence electrons. The van der Waals surface area contributed by atoms with Crippen LogP contribution >= 0.6 is 27.3 Å². The molecule has 0 amide bonds. The number of carbonyl (C=O) groups is 1. The van der Waals surface area contributed by atoms with Gasteiger partial charge in [0.1, 0.15) is 5.78 Å². The maximum Gasteiger partial charge on any atom is 0.141 e. The molecule has 3 heteroatoms. The molecule has 0 spiro atoms. The van der Waals surface area contributed by atoms with Crippen molar-refractivity contribution in [3.63, 3.8) is 0 Å². The summed E-state index contributed by atoms with van der Waals surface area (Å²) in [4.78, 5) is 13.3. The molecular formula is C15H15BrOS. The molecule has 2 unspecified atom stereocenters. The zero-order valence-corrected chi connectivity index (χ0v) is 12.9. The first-order chi connectivity index (χ1) is 8.57. The van der Waals surface area contributed by atoms with Gasteiger partial charge in [-0.1, -0.05) is 29.3 Å². The van der Waals surface area contributed by atoms with Crippen molar-refractivity contribution in [2.75, 3.05) is 0 Å². The Labute approximate surface area is 119 Å². The molecule has 0 radical (unpaired) electrons. The van der Waals surface area contributed by atoms with Crippen LogP contribution in [-0.4, -0.2) is 5.78 Å². The van der Waals surface area contributed by atoms with E-state index in [4.69, 9.17) is 0 Å². The van der Waals surface area contributed by atoms with Gasteiger partial charge < -0.3 is 0 Å². The van der Waals surface area contributed by atoms with Crippen LogP contribution in [0.1, 0.15) is 31.6 Å². The normalized spacial score (nSPS) is 26.5. The minimum atomic E-state index is -0.162. The summed E-state index contributed by atoms with van der Waals surface area (Å²) in [5.74, 6) is 0.881. The monoisotopic (exact) mass is 322 g/mol. The van der Waals surface area contributed by atoms with E-state index >= 15 is 0 Å². The first-order valence-electron chi connectivity index (χ1n) is 6.28. The van der Waals surface area contributed by atoms with Gasteiger partial charge in [-0.2, -0.15) is 0 Å². The zero-order valence-electron chi connectivity index (χ0n) is 10.5. The number of hydrogen-bond donors (Lipinski definition) is 0. The third-order valence-corrected chi connectivity index (χ3v) is 5.93. The van der Waals surface area contributed by atoms with Crippen LogP contribution in [0.2, 0.25) is 0 Å². The molecule has 0 aliphatic heterocycles.